The summed E-state index contributed by atoms with van der Waals surface area (Å²) in [7, 11) is 3.25. The Morgan fingerprint density at radius 1 is 0.660 bits per heavy atom. The number of esters is 1. The van der Waals surface area contributed by atoms with Crippen LogP contribution < -0.4 is 20.1 Å². The summed E-state index contributed by atoms with van der Waals surface area (Å²) in [6, 6.07) is 25.5. The molecule has 0 bridgehead atoms. The van der Waals surface area contributed by atoms with Gasteiger partial charge in [-0.3, -0.25) is 14.4 Å². The van der Waals surface area contributed by atoms with Gasteiger partial charge in [0.05, 0.1) is 33.7 Å². The quantitative estimate of drug-likeness (QED) is 0.0721. The minimum absolute atomic E-state index is 0.00105. The molecule has 3 aromatic rings. The van der Waals surface area contributed by atoms with Crippen molar-refractivity contribution in [1.29, 1.82) is 0 Å². The number of benzene rings is 3. The molecule has 50 heavy (non-hydrogen) atoms. The van der Waals surface area contributed by atoms with Crippen LogP contribution in [0.15, 0.2) is 78.9 Å². The van der Waals surface area contributed by atoms with E-state index in [-0.39, 0.29) is 63.0 Å². The van der Waals surface area contributed by atoms with Crippen molar-refractivity contribution in [2.24, 2.45) is 0 Å². The summed E-state index contributed by atoms with van der Waals surface area (Å²) < 4.78 is 23.1. The van der Waals surface area contributed by atoms with Crippen molar-refractivity contribution in [3.05, 3.63) is 95.6 Å². The number of ether oxygens (including phenoxy) is 4. The standard InChI is InChI=1S/C39H50N2O9/c1-29(43)15-24-38(46)50-35(27-40-36(44)13-7-9-25-42)28-41-37(45)14-8-10-26-49-39(30-11-5-4-6-12-30,31-16-20-33(47-2)21-17-31)32-18-22-34(48-3)23-19-32/h4-6,11-12,16-23,35,42H,7-10,13-15,24-28H2,1-3H3,(H,40,44)(H,41,45). The van der Waals surface area contributed by atoms with Gasteiger partial charge in [0, 0.05) is 32.5 Å². The molecule has 0 aliphatic rings. The normalized spacial score (nSPS) is 11.7. The number of hydrogen-bond donors (Lipinski definition) is 3. The average molecular weight is 691 g/mol. The molecule has 0 radical (unpaired) electrons. The van der Waals surface area contributed by atoms with Crippen molar-refractivity contribution in [3.8, 4) is 11.5 Å². The lowest BCUT2D eigenvalue weighted by atomic mass is 9.80. The Balaban J connectivity index is 1.64. The second-order valence-corrected chi connectivity index (χ2v) is 11.9. The number of carbonyl (C=O) groups is 4. The van der Waals surface area contributed by atoms with E-state index in [9.17, 15) is 19.2 Å². The first-order chi connectivity index (χ1) is 24.2. The molecule has 0 saturated carbocycles. The molecule has 3 aromatic carbocycles. The zero-order chi connectivity index (χ0) is 36.2. The van der Waals surface area contributed by atoms with E-state index in [1.807, 2.05) is 78.9 Å². The first-order valence-electron chi connectivity index (χ1n) is 17.0. The molecule has 0 aromatic heterocycles. The first kappa shape index (κ1) is 39.7. The summed E-state index contributed by atoms with van der Waals surface area (Å²) in [5.74, 6) is 0.257. The lowest BCUT2D eigenvalue weighted by Gasteiger charge is -2.36. The van der Waals surface area contributed by atoms with Crippen LogP contribution in [0.1, 0.15) is 75.0 Å². The maximum atomic E-state index is 12.8. The molecule has 11 nitrogen and oxygen atoms in total. The summed E-state index contributed by atoms with van der Waals surface area (Å²) >= 11 is 0. The third kappa shape index (κ3) is 12.6. The molecule has 0 saturated heterocycles. The van der Waals surface area contributed by atoms with E-state index in [1.165, 1.54) is 6.92 Å². The number of ketones is 1. The van der Waals surface area contributed by atoms with Gasteiger partial charge in [0.2, 0.25) is 11.8 Å². The third-order valence-electron chi connectivity index (χ3n) is 8.14. The third-order valence-corrected chi connectivity index (χ3v) is 8.14. The van der Waals surface area contributed by atoms with Crippen molar-refractivity contribution >= 4 is 23.6 Å². The van der Waals surface area contributed by atoms with Crippen molar-refractivity contribution in [3.63, 3.8) is 0 Å². The predicted octanol–water partition coefficient (Wildman–Crippen LogP) is 4.86. The van der Waals surface area contributed by atoms with Gasteiger partial charge < -0.3 is 39.5 Å². The van der Waals surface area contributed by atoms with Gasteiger partial charge in [-0.05, 0) is 73.6 Å². The molecular formula is C39H50N2O9. The zero-order valence-corrected chi connectivity index (χ0v) is 29.3. The van der Waals surface area contributed by atoms with E-state index in [4.69, 9.17) is 24.1 Å². The Hall–Kier alpha value is -4.74. The molecule has 1 atom stereocenters. The van der Waals surface area contributed by atoms with Gasteiger partial charge in [-0.15, -0.1) is 0 Å². The summed E-state index contributed by atoms with van der Waals surface area (Å²) in [6.07, 6.45) is 1.76. The molecule has 11 heteroatoms. The summed E-state index contributed by atoms with van der Waals surface area (Å²) in [5.41, 5.74) is 1.82. The van der Waals surface area contributed by atoms with Gasteiger partial charge in [0.25, 0.3) is 0 Å². The number of nitrogens with one attached hydrogen (secondary N) is 2. The number of Topliss-reactive ketones (excluding diaryl/α,β-unsaturated/α-hetero) is 1. The number of rotatable bonds is 23. The van der Waals surface area contributed by atoms with Crippen LogP contribution in [0.2, 0.25) is 0 Å². The van der Waals surface area contributed by atoms with Crippen LogP contribution >= 0.6 is 0 Å². The van der Waals surface area contributed by atoms with E-state index in [0.29, 0.717) is 32.3 Å². The summed E-state index contributed by atoms with van der Waals surface area (Å²) in [6.45, 7) is 1.75. The molecule has 3 N–H and O–H groups in total. The number of hydrogen-bond acceptors (Lipinski definition) is 9. The summed E-state index contributed by atoms with van der Waals surface area (Å²) in [5, 5.41) is 14.5. The average Bonchev–Trinajstić information content (AvgIpc) is 3.14. The van der Waals surface area contributed by atoms with Gasteiger partial charge in [-0.1, -0.05) is 54.6 Å². The van der Waals surface area contributed by atoms with Gasteiger partial charge >= 0.3 is 5.97 Å². The topological polar surface area (TPSA) is 149 Å². The largest absolute Gasteiger partial charge is 0.497 e. The van der Waals surface area contributed by atoms with Crippen LogP contribution in [0.25, 0.3) is 0 Å². The molecule has 0 aliphatic heterocycles. The van der Waals surface area contributed by atoms with Crippen molar-refractivity contribution in [2.75, 3.05) is 40.5 Å². The lowest BCUT2D eigenvalue weighted by Crippen LogP contribution is -2.42. The van der Waals surface area contributed by atoms with Gasteiger partial charge in [0.15, 0.2) is 0 Å². The highest BCUT2D eigenvalue weighted by molar-refractivity contribution is 5.81. The zero-order valence-electron chi connectivity index (χ0n) is 29.3. The predicted molar refractivity (Wildman–Crippen MR) is 189 cm³/mol. The van der Waals surface area contributed by atoms with Crippen LogP contribution in [0.3, 0.4) is 0 Å². The number of aliphatic hydroxyl groups excluding tert-OH is 1. The molecular weight excluding hydrogens is 640 g/mol. The molecule has 2 amide bonds. The molecule has 0 fully saturated rings. The lowest BCUT2D eigenvalue weighted by molar-refractivity contribution is -0.150. The van der Waals surface area contributed by atoms with Crippen molar-refractivity contribution < 1.29 is 43.2 Å². The highest BCUT2D eigenvalue weighted by Crippen LogP contribution is 2.41. The Morgan fingerprint density at radius 3 is 1.64 bits per heavy atom. The van der Waals surface area contributed by atoms with E-state index in [1.54, 1.807) is 14.2 Å². The Labute approximate surface area is 294 Å². The van der Waals surface area contributed by atoms with Gasteiger partial charge in [-0.25, -0.2) is 0 Å². The van der Waals surface area contributed by atoms with Gasteiger partial charge in [0.1, 0.15) is 29.0 Å². The second-order valence-electron chi connectivity index (χ2n) is 11.9. The van der Waals surface area contributed by atoms with Crippen molar-refractivity contribution in [2.45, 2.75) is 70.0 Å². The van der Waals surface area contributed by atoms with E-state index >= 15 is 0 Å². The number of carbonyl (C=O) groups excluding carboxylic acids is 4. The van der Waals surface area contributed by atoms with Gasteiger partial charge in [-0.2, -0.15) is 0 Å². The number of aliphatic hydroxyl groups is 1. The van der Waals surface area contributed by atoms with Crippen LogP contribution in [0.4, 0.5) is 0 Å². The fourth-order valence-corrected chi connectivity index (χ4v) is 5.40. The first-order valence-corrected chi connectivity index (χ1v) is 17.0. The maximum Gasteiger partial charge on any atom is 0.306 e. The molecule has 3 rings (SSSR count). The maximum absolute atomic E-state index is 12.8. The SMILES string of the molecule is COc1ccc(C(OCCCCC(=O)NCC(CNC(=O)CCCCO)OC(=O)CCC(C)=O)(c2ccccc2)c2ccc(OC)cc2)cc1. The Bertz CT molecular complexity index is 1430. The van der Waals surface area contributed by atoms with Crippen molar-refractivity contribution in [1.82, 2.24) is 10.6 Å². The molecule has 0 aliphatic carbocycles. The molecule has 270 valence electrons. The van der Waals surface area contributed by atoms with E-state index in [2.05, 4.69) is 10.6 Å². The number of methoxy groups -OCH3 is 2. The summed E-state index contributed by atoms with van der Waals surface area (Å²) in [4.78, 5) is 48.6. The van der Waals surface area contributed by atoms with E-state index in [0.717, 1.165) is 28.2 Å². The smallest absolute Gasteiger partial charge is 0.306 e. The van der Waals surface area contributed by atoms with Crippen LogP contribution in [-0.2, 0) is 34.3 Å². The molecule has 1 unspecified atom stereocenters. The highest BCUT2D eigenvalue weighted by atomic mass is 16.5. The Kier molecular flexibility index (Phi) is 17.0. The molecule has 0 spiro atoms. The minimum Gasteiger partial charge on any atom is -0.497 e. The molecule has 0 heterocycles. The van der Waals surface area contributed by atoms with Crippen LogP contribution in [0, 0.1) is 0 Å². The fourth-order valence-electron chi connectivity index (χ4n) is 5.40. The van der Waals surface area contributed by atoms with E-state index < -0.39 is 17.7 Å². The highest BCUT2D eigenvalue weighted by Gasteiger charge is 2.37. The Morgan fingerprint density at radius 2 is 1.16 bits per heavy atom. The van der Waals surface area contributed by atoms with Crippen LogP contribution in [0.5, 0.6) is 11.5 Å². The minimum atomic E-state index is -0.954. The second kappa shape index (κ2) is 21.4. The fraction of sp³-hybridized carbons (Fsp3) is 0.436. The van der Waals surface area contributed by atoms with Crippen LogP contribution in [-0.4, -0.2) is 75.3 Å². The number of amides is 2. The monoisotopic (exact) mass is 690 g/mol. The number of unbranched alkanes of at least 4 members (excludes halogenated alkanes) is 2.